The summed E-state index contributed by atoms with van der Waals surface area (Å²) in [5.41, 5.74) is 1.38. The lowest BCUT2D eigenvalue weighted by Crippen LogP contribution is -2.49. The number of hydrogen-bond donors (Lipinski definition) is 0. The van der Waals surface area contributed by atoms with Crippen LogP contribution in [0.2, 0.25) is 0 Å². The predicted molar refractivity (Wildman–Crippen MR) is 118 cm³/mol. The van der Waals surface area contributed by atoms with Gasteiger partial charge in [-0.15, -0.1) is 0 Å². The van der Waals surface area contributed by atoms with E-state index in [0.29, 0.717) is 6.61 Å². The smallest absolute Gasteiger partial charge is 0.128 e. The Morgan fingerprint density at radius 1 is 0.857 bits per heavy atom. The first kappa shape index (κ1) is 20.3. The third-order valence-electron chi connectivity index (χ3n) is 5.35. The molecular formula is C26H31NO. The minimum absolute atomic E-state index is 0.410. The number of likely N-dealkylation sites (N-methyl/N-ethyl adjacent to an activating group) is 1. The van der Waals surface area contributed by atoms with E-state index in [1.54, 1.807) is 0 Å². The molecule has 2 atom stereocenters. The highest BCUT2D eigenvalue weighted by molar-refractivity contribution is 5.52. The summed E-state index contributed by atoms with van der Waals surface area (Å²) in [6.07, 6.45) is 14.3. The third-order valence-corrected chi connectivity index (χ3v) is 5.35. The lowest BCUT2D eigenvalue weighted by Gasteiger charge is -2.48. The van der Waals surface area contributed by atoms with Gasteiger partial charge in [0.05, 0.1) is 12.0 Å². The van der Waals surface area contributed by atoms with Gasteiger partial charge in [-0.25, -0.2) is 0 Å². The summed E-state index contributed by atoms with van der Waals surface area (Å²) in [4.78, 5) is 2.16. The zero-order valence-electron chi connectivity index (χ0n) is 17.2. The fourth-order valence-corrected chi connectivity index (χ4v) is 3.92. The van der Waals surface area contributed by atoms with Crippen molar-refractivity contribution in [2.75, 3.05) is 27.2 Å². The van der Waals surface area contributed by atoms with Crippen LogP contribution in [0.5, 0.6) is 0 Å². The minimum Gasteiger partial charge on any atom is -0.363 e. The minimum atomic E-state index is -0.605. The van der Waals surface area contributed by atoms with Gasteiger partial charge in [0.15, 0.2) is 0 Å². The maximum atomic E-state index is 6.80. The molecule has 2 heteroatoms. The van der Waals surface area contributed by atoms with Gasteiger partial charge in [-0.05, 0) is 37.7 Å². The lowest BCUT2D eigenvalue weighted by molar-refractivity contribution is -0.0496. The molecule has 0 aromatic heterocycles. The van der Waals surface area contributed by atoms with Gasteiger partial charge in [0.1, 0.15) is 5.60 Å². The average molecular weight is 374 g/mol. The topological polar surface area (TPSA) is 12.5 Å². The third kappa shape index (κ3) is 3.89. The second-order valence-corrected chi connectivity index (χ2v) is 7.52. The van der Waals surface area contributed by atoms with E-state index in [1.165, 1.54) is 11.1 Å². The Labute approximate surface area is 169 Å². The van der Waals surface area contributed by atoms with E-state index in [-0.39, 0.29) is 0 Å². The molecule has 0 bridgehead atoms. The number of allylic oxidation sites excluding steroid dienone is 3. The van der Waals surface area contributed by atoms with Gasteiger partial charge in [0.25, 0.3) is 0 Å². The molecule has 0 N–H and O–H groups in total. The van der Waals surface area contributed by atoms with Crippen molar-refractivity contribution in [3.8, 4) is 0 Å². The maximum Gasteiger partial charge on any atom is 0.128 e. The molecule has 0 radical (unpaired) electrons. The maximum absolute atomic E-state index is 6.80. The Balaban J connectivity index is 2.22. The molecule has 2 nitrogen and oxygen atoms in total. The van der Waals surface area contributed by atoms with Gasteiger partial charge in [-0.2, -0.15) is 0 Å². The number of nitrogens with zero attached hydrogens (tertiary/aromatic N) is 1. The summed E-state index contributed by atoms with van der Waals surface area (Å²) in [7, 11) is 4.16. The van der Waals surface area contributed by atoms with Gasteiger partial charge in [-0.1, -0.05) is 98.0 Å². The first-order chi connectivity index (χ1) is 13.6. The van der Waals surface area contributed by atoms with Crippen LogP contribution in [0.15, 0.2) is 97.1 Å². The summed E-state index contributed by atoms with van der Waals surface area (Å²) in [6, 6.07) is 21.3. The predicted octanol–water partition coefficient (Wildman–Crippen LogP) is 5.49. The second kappa shape index (κ2) is 9.18. The highest BCUT2D eigenvalue weighted by Crippen LogP contribution is 2.50. The Hall–Kier alpha value is -2.42. The number of ether oxygens (including phenoxy) is 1. The summed E-state index contributed by atoms with van der Waals surface area (Å²) >= 11 is 0. The van der Waals surface area contributed by atoms with Gasteiger partial charge in [0.2, 0.25) is 0 Å². The van der Waals surface area contributed by atoms with E-state index in [0.717, 1.165) is 13.0 Å². The van der Waals surface area contributed by atoms with Crippen LogP contribution in [0.4, 0.5) is 0 Å². The van der Waals surface area contributed by atoms with Crippen LogP contribution < -0.4 is 0 Å². The van der Waals surface area contributed by atoms with Gasteiger partial charge in [-0.3, -0.25) is 0 Å². The molecule has 0 heterocycles. The molecule has 0 fully saturated rings. The van der Waals surface area contributed by atoms with Gasteiger partial charge >= 0.3 is 0 Å². The Morgan fingerprint density at radius 3 is 2.07 bits per heavy atom. The van der Waals surface area contributed by atoms with E-state index in [4.69, 9.17) is 4.74 Å². The molecule has 0 saturated carbocycles. The number of benzene rings is 2. The van der Waals surface area contributed by atoms with Crippen molar-refractivity contribution in [1.29, 1.82) is 0 Å². The second-order valence-electron chi connectivity index (χ2n) is 7.52. The molecule has 2 aromatic carbocycles. The Kier molecular flexibility index (Phi) is 6.66. The van der Waals surface area contributed by atoms with Crippen LogP contribution in [0.25, 0.3) is 0 Å². The van der Waals surface area contributed by atoms with Crippen molar-refractivity contribution in [2.45, 2.75) is 24.4 Å². The van der Waals surface area contributed by atoms with E-state index in [1.807, 2.05) is 0 Å². The fourth-order valence-electron chi connectivity index (χ4n) is 3.92. The molecule has 0 saturated heterocycles. The molecule has 0 aliphatic heterocycles. The largest absolute Gasteiger partial charge is 0.363 e. The number of rotatable bonds is 8. The van der Waals surface area contributed by atoms with Crippen LogP contribution in [-0.2, 0) is 15.8 Å². The lowest BCUT2D eigenvalue weighted by atomic mass is 9.62. The van der Waals surface area contributed by atoms with Crippen molar-refractivity contribution in [2.24, 2.45) is 0 Å². The quantitative estimate of drug-likeness (QED) is 0.567. The molecule has 1 aliphatic rings. The van der Waals surface area contributed by atoms with Crippen LogP contribution >= 0.6 is 0 Å². The van der Waals surface area contributed by atoms with Crippen LogP contribution in [-0.4, -0.2) is 32.1 Å². The molecule has 28 heavy (non-hydrogen) atoms. The summed E-state index contributed by atoms with van der Waals surface area (Å²) < 4.78 is 6.80. The first-order valence-electron chi connectivity index (χ1n) is 10.1. The molecule has 3 rings (SSSR count). The average Bonchev–Trinajstić information content (AvgIpc) is 2.74. The molecule has 1 aliphatic carbocycles. The number of hydrogen-bond acceptors (Lipinski definition) is 2. The fraction of sp³-hybridized carbons (Fsp3) is 0.308. The van der Waals surface area contributed by atoms with Crippen LogP contribution in [0, 0.1) is 0 Å². The molecular weight excluding hydrogens is 342 g/mol. The Morgan fingerprint density at radius 2 is 1.46 bits per heavy atom. The van der Waals surface area contributed by atoms with Crippen LogP contribution in [0.3, 0.4) is 0 Å². The molecule has 0 spiro atoms. The normalized spacial score (nSPS) is 24.3. The van der Waals surface area contributed by atoms with Crippen molar-refractivity contribution >= 4 is 0 Å². The van der Waals surface area contributed by atoms with Crippen LogP contribution in [0.1, 0.15) is 24.5 Å². The van der Waals surface area contributed by atoms with Crippen molar-refractivity contribution in [1.82, 2.24) is 4.90 Å². The van der Waals surface area contributed by atoms with E-state index in [9.17, 15) is 0 Å². The van der Waals surface area contributed by atoms with Crippen molar-refractivity contribution in [3.63, 3.8) is 0 Å². The van der Waals surface area contributed by atoms with Crippen molar-refractivity contribution < 1.29 is 4.74 Å². The molecule has 146 valence electrons. The summed E-state index contributed by atoms with van der Waals surface area (Å²) in [6.45, 7) is 3.69. The van der Waals surface area contributed by atoms with E-state index in [2.05, 4.69) is 123 Å². The summed E-state index contributed by atoms with van der Waals surface area (Å²) in [5.74, 6) is 0. The highest BCUT2D eigenvalue weighted by atomic mass is 16.5. The monoisotopic (exact) mass is 373 g/mol. The molecule has 2 unspecified atom stereocenters. The van der Waals surface area contributed by atoms with Crippen molar-refractivity contribution in [3.05, 3.63) is 108 Å². The van der Waals surface area contributed by atoms with Gasteiger partial charge < -0.3 is 9.64 Å². The Bertz CT molecular complexity index is 822. The highest BCUT2D eigenvalue weighted by Gasteiger charge is 2.51. The zero-order valence-corrected chi connectivity index (χ0v) is 17.2. The molecule has 2 aromatic rings. The van der Waals surface area contributed by atoms with E-state index >= 15 is 0 Å². The first-order valence-corrected chi connectivity index (χ1v) is 10.1. The van der Waals surface area contributed by atoms with E-state index < -0.39 is 11.0 Å². The summed E-state index contributed by atoms with van der Waals surface area (Å²) in [5, 5.41) is 0. The SMILES string of the molecule is CCC=CC1(c2ccccc2)C=CC=CC1(OCCN(C)C)c1ccccc1. The standard InChI is InChI=1S/C26H31NO/c1-4-5-18-25(23-14-8-6-9-15-23)19-12-13-20-26(25,28-22-21-27(2)3)24-16-10-7-11-17-24/h5-20H,4,21-22H2,1-3H3. The van der Waals surface area contributed by atoms with Gasteiger partial charge in [0, 0.05) is 6.54 Å². The molecule has 0 amide bonds. The zero-order chi connectivity index (χ0) is 19.9.